The van der Waals surface area contributed by atoms with Crippen molar-refractivity contribution in [3.8, 4) is 23.0 Å². The molecule has 36 heavy (non-hydrogen) atoms. The Kier molecular flexibility index (Phi) is 7.55. The van der Waals surface area contributed by atoms with Crippen LogP contribution < -0.4 is 10.1 Å². The Morgan fingerprint density at radius 1 is 0.972 bits per heavy atom. The van der Waals surface area contributed by atoms with Gasteiger partial charge in [-0.15, -0.1) is 5.06 Å². The van der Waals surface area contributed by atoms with Gasteiger partial charge in [0.25, 0.3) is 0 Å². The number of rotatable bonds is 7. The number of nitrogens with zero attached hydrogens (tertiary/aromatic N) is 2. The van der Waals surface area contributed by atoms with Gasteiger partial charge in [-0.25, -0.2) is 0 Å². The van der Waals surface area contributed by atoms with Gasteiger partial charge in [-0.1, -0.05) is 0 Å². The van der Waals surface area contributed by atoms with Gasteiger partial charge in [0.15, 0.2) is 5.76 Å². The van der Waals surface area contributed by atoms with Crippen LogP contribution in [0.4, 0.5) is 5.69 Å². The van der Waals surface area contributed by atoms with E-state index in [2.05, 4.69) is 24.1 Å². The van der Waals surface area contributed by atoms with Gasteiger partial charge in [0.05, 0.1) is 6.54 Å². The maximum atomic E-state index is 10.7. The second-order valence-electron chi connectivity index (χ2n) is 10.1. The number of phenols is 2. The monoisotopic (exact) mass is 495 g/mol. The molecule has 0 radical (unpaired) electrons. The molecule has 2 aromatic rings. The van der Waals surface area contributed by atoms with E-state index in [4.69, 9.17) is 14.3 Å². The van der Waals surface area contributed by atoms with Gasteiger partial charge in [-0.3, -0.25) is 0 Å². The second kappa shape index (κ2) is 11.0. The summed E-state index contributed by atoms with van der Waals surface area (Å²) >= 11 is 0. The Hall–Kier alpha value is -2.94. The first-order chi connectivity index (χ1) is 17.5. The van der Waals surface area contributed by atoms with E-state index in [9.17, 15) is 10.2 Å². The molecule has 3 heterocycles. The molecule has 5 rings (SSSR count). The Bertz CT molecular complexity index is 1060. The molecule has 0 atom stereocenters. The van der Waals surface area contributed by atoms with Crippen LogP contribution in [0.25, 0.3) is 5.76 Å². The second-order valence-corrected chi connectivity index (χ2v) is 10.1. The van der Waals surface area contributed by atoms with Crippen LogP contribution in [0.3, 0.4) is 0 Å². The van der Waals surface area contributed by atoms with E-state index in [1.54, 1.807) is 0 Å². The minimum Gasteiger partial charge on any atom is -0.508 e. The zero-order valence-electron chi connectivity index (χ0n) is 21.2. The molecule has 3 aliphatic rings. The quantitative estimate of drug-likeness (QED) is 0.498. The highest BCUT2D eigenvalue weighted by atomic mass is 16.7. The summed E-state index contributed by atoms with van der Waals surface area (Å²) in [5, 5.41) is 26.2. The summed E-state index contributed by atoms with van der Waals surface area (Å²) in [5.74, 6) is 1.35. The molecule has 8 heteroatoms. The maximum absolute atomic E-state index is 10.7. The number of likely N-dealkylation sites (tertiary alicyclic amines) is 1. The van der Waals surface area contributed by atoms with Crippen LogP contribution >= 0.6 is 0 Å². The van der Waals surface area contributed by atoms with Crippen LogP contribution in [0.15, 0.2) is 42.5 Å². The zero-order chi connectivity index (χ0) is 25.1. The van der Waals surface area contributed by atoms with Gasteiger partial charge < -0.3 is 34.7 Å². The number of hydrogen-bond donors (Lipinski definition) is 3. The Morgan fingerprint density at radius 2 is 1.69 bits per heavy atom. The van der Waals surface area contributed by atoms with Crippen molar-refractivity contribution in [3.05, 3.63) is 48.0 Å². The lowest BCUT2D eigenvalue weighted by atomic mass is 9.99. The average molecular weight is 496 g/mol. The SMILES string of the molecule is CC(C)Nc1ccc(Oc2cc(O)cc(O)c2C2=CCN(C3CCN(C4CCOCC4)CC3)O2)cc1. The molecule has 2 saturated heterocycles. The van der Waals surface area contributed by atoms with Crippen LogP contribution in [0.1, 0.15) is 45.1 Å². The van der Waals surface area contributed by atoms with Gasteiger partial charge >= 0.3 is 0 Å². The molecule has 3 aliphatic heterocycles. The van der Waals surface area contributed by atoms with Gasteiger partial charge in [-0.2, -0.15) is 0 Å². The van der Waals surface area contributed by atoms with E-state index in [1.807, 2.05) is 35.4 Å². The fourth-order valence-corrected chi connectivity index (χ4v) is 5.33. The van der Waals surface area contributed by atoms with E-state index in [1.165, 1.54) is 12.1 Å². The summed E-state index contributed by atoms with van der Waals surface area (Å²) in [5.41, 5.74) is 1.44. The Morgan fingerprint density at radius 3 is 2.39 bits per heavy atom. The van der Waals surface area contributed by atoms with E-state index >= 15 is 0 Å². The van der Waals surface area contributed by atoms with Crippen LogP contribution in [0, 0.1) is 0 Å². The van der Waals surface area contributed by atoms with Crippen LogP contribution in [-0.4, -0.2) is 71.1 Å². The molecule has 0 unspecified atom stereocenters. The minimum absolute atomic E-state index is 0.0692. The summed E-state index contributed by atoms with van der Waals surface area (Å²) in [7, 11) is 0. The molecule has 0 aliphatic carbocycles. The van der Waals surface area contributed by atoms with E-state index in [-0.39, 0.29) is 11.5 Å². The van der Waals surface area contributed by atoms with Crippen molar-refractivity contribution in [2.75, 3.05) is 38.2 Å². The number of piperidine rings is 1. The van der Waals surface area contributed by atoms with E-state index in [0.717, 1.165) is 57.7 Å². The largest absolute Gasteiger partial charge is 0.508 e. The van der Waals surface area contributed by atoms with Crippen LogP contribution in [0.5, 0.6) is 23.0 Å². The van der Waals surface area contributed by atoms with Crippen molar-refractivity contribution in [1.29, 1.82) is 0 Å². The lowest BCUT2D eigenvalue weighted by molar-refractivity contribution is -0.116. The van der Waals surface area contributed by atoms with Gasteiger partial charge in [0.1, 0.15) is 28.6 Å². The number of benzene rings is 2. The number of nitrogens with one attached hydrogen (secondary N) is 1. The first-order valence-electron chi connectivity index (χ1n) is 13.0. The number of ether oxygens (including phenoxy) is 2. The Balaban J connectivity index is 1.24. The average Bonchev–Trinajstić information content (AvgIpc) is 3.35. The zero-order valence-corrected chi connectivity index (χ0v) is 21.2. The van der Waals surface area contributed by atoms with Crippen molar-refractivity contribution >= 4 is 11.4 Å². The van der Waals surface area contributed by atoms with Gasteiger partial charge in [-0.05, 0) is 69.9 Å². The summed E-state index contributed by atoms with van der Waals surface area (Å²) in [4.78, 5) is 8.85. The molecule has 0 bridgehead atoms. The number of hydrogen-bond acceptors (Lipinski definition) is 8. The third-order valence-electron chi connectivity index (χ3n) is 7.14. The minimum atomic E-state index is -0.0782. The first kappa shape index (κ1) is 24.7. The third kappa shape index (κ3) is 5.72. The molecule has 0 spiro atoms. The molecule has 194 valence electrons. The molecule has 2 fully saturated rings. The lowest BCUT2D eigenvalue weighted by Crippen LogP contribution is -2.48. The van der Waals surface area contributed by atoms with Crippen LogP contribution in [0.2, 0.25) is 0 Å². The molecule has 8 nitrogen and oxygen atoms in total. The van der Waals surface area contributed by atoms with Crippen LogP contribution in [-0.2, 0) is 9.57 Å². The standard InChI is InChI=1S/C28H37N3O5/c1-19(2)29-20-3-5-24(6-4-20)35-27-18-23(32)17-25(33)28(27)26-9-14-31(36-26)22-7-12-30(13-8-22)21-10-15-34-16-11-21/h3-6,9,17-19,21-22,29,32-33H,7-8,10-16H2,1-2H3. The Labute approximate surface area is 213 Å². The van der Waals surface area contributed by atoms with Crippen molar-refractivity contribution in [2.24, 2.45) is 0 Å². The fourth-order valence-electron chi connectivity index (χ4n) is 5.33. The molecular formula is C28H37N3O5. The molecule has 2 aromatic carbocycles. The highest BCUT2D eigenvalue weighted by Crippen LogP contribution is 2.42. The van der Waals surface area contributed by atoms with Crippen molar-refractivity contribution < 1.29 is 24.5 Å². The molecule has 3 N–H and O–H groups in total. The molecule has 0 saturated carbocycles. The summed E-state index contributed by atoms with van der Waals surface area (Å²) in [6.07, 6.45) is 6.30. The topological polar surface area (TPSA) is 86.7 Å². The van der Waals surface area contributed by atoms with E-state index < -0.39 is 0 Å². The van der Waals surface area contributed by atoms with E-state index in [0.29, 0.717) is 47.5 Å². The predicted molar refractivity (Wildman–Crippen MR) is 139 cm³/mol. The van der Waals surface area contributed by atoms with Crippen molar-refractivity contribution in [3.63, 3.8) is 0 Å². The van der Waals surface area contributed by atoms with Gasteiger partial charge in [0, 0.05) is 62.2 Å². The predicted octanol–water partition coefficient (Wildman–Crippen LogP) is 4.94. The van der Waals surface area contributed by atoms with Crippen molar-refractivity contribution in [1.82, 2.24) is 9.96 Å². The lowest BCUT2D eigenvalue weighted by Gasteiger charge is -2.41. The number of phenolic OH excluding ortho intramolecular Hbond substituents is 2. The molecule has 0 amide bonds. The maximum Gasteiger partial charge on any atom is 0.159 e. The fraction of sp³-hybridized carbons (Fsp3) is 0.500. The highest BCUT2D eigenvalue weighted by Gasteiger charge is 2.33. The highest BCUT2D eigenvalue weighted by molar-refractivity contribution is 5.73. The number of aromatic hydroxyl groups is 2. The number of hydroxylamine groups is 2. The summed E-state index contributed by atoms with van der Waals surface area (Å²) in [6, 6.07) is 11.7. The summed E-state index contributed by atoms with van der Waals surface area (Å²) in [6.45, 7) is 8.67. The van der Waals surface area contributed by atoms with Crippen molar-refractivity contribution in [2.45, 2.75) is 57.7 Å². The third-order valence-corrected chi connectivity index (χ3v) is 7.14. The molecule has 0 aromatic heterocycles. The summed E-state index contributed by atoms with van der Waals surface area (Å²) < 4.78 is 11.6. The number of anilines is 1. The normalized spacial score (nSPS) is 20.4. The first-order valence-corrected chi connectivity index (χ1v) is 13.0. The molecular weight excluding hydrogens is 458 g/mol. The van der Waals surface area contributed by atoms with Gasteiger partial charge in [0.2, 0.25) is 0 Å². The smallest absolute Gasteiger partial charge is 0.159 e.